The number of carbonyl (C=O) groups excluding carboxylic acids is 1. The fourth-order valence-corrected chi connectivity index (χ4v) is 1.47. The number of hydrogen-bond acceptors (Lipinski definition) is 4. The first-order chi connectivity index (χ1) is 8.95. The summed E-state index contributed by atoms with van der Waals surface area (Å²) < 4.78 is 4.81. The van der Waals surface area contributed by atoms with Gasteiger partial charge in [-0.25, -0.2) is 4.79 Å². The lowest BCUT2D eigenvalue weighted by Crippen LogP contribution is -2.41. The van der Waals surface area contributed by atoms with E-state index in [0.717, 1.165) is 5.69 Å². The third-order valence-electron chi connectivity index (χ3n) is 2.67. The zero-order valence-corrected chi connectivity index (χ0v) is 11.3. The molecule has 0 bridgehead atoms. The minimum absolute atomic E-state index is 0.187. The van der Waals surface area contributed by atoms with Crippen molar-refractivity contribution < 1.29 is 19.4 Å². The third kappa shape index (κ3) is 4.36. The van der Waals surface area contributed by atoms with E-state index in [4.69, 9.17) is 9.84 Å². The molecule has 0 aromatic carbocycles. The molecule has 106 valence electrons. The molecule has 1 atom stereocenters. The van der Waals surface area contributed by atoms with Crippen LogP contribution in [0.25, 0.3) is 0 Å². The Morgan fingerprint density at radius 1 is 1.53 bits per heavy atom. The predicted molar refractivity (Wildman–Crippen MR) is 68.1 cm³/mol. The molecule has 0 aliphatic heterocycles. The highest BCUT2D eigenvalue weighted by Gasteiger charge is 2.21. The molecule has 1 amide bonds. The molecule has 3 N–H and O–H groups in total. The summed E-state index contributed by atoms with van der Waals surface area (Å²) in [5, 5.41) is 18.0. The van der Waals surface area contributed by atoms with Gasteiger partial charge in [-0.15, -0.1) is 0 Å². The van der Waals surface area contributed by atoms with Gasteiger partial charge in [0, 0.05) is 25.8 Å². The maximum Gasteiger partial charge on any atom is 0.326 e. The molecule has 1 unspecified atom stereocenters. The Bertz CT molecular complexity index is 442. The van der Waals surface area contributed by atoms with E-state index < -0.39 is 17.9 Å². The minimum Gasteiger partial charge on any atom is -0.480 e. The fourth-order valence-electron chi connectivity index (χ4n) is 1.47. The summed E-state index contributed by atoms with van der Waals surface area (Å²) in [4.78, 5) is 22.8. The quantitative estimate of drug-likeness (QED) is 0.677. The van der Waals surface area contributed by atoms with Gasteiger partial charge in [0.25, 0.3) is 5.91 Å². The number of hydrogen-bond donors (Lipinski definition) is 3. The van der Waals surface area contributed by atoms with Crippen LogP contribution in [0.4, 0.5) is 0 Å². The standard InChI is InChI=1S/C12H19N3O4/c1-7(2)9-6-10(15-14-9)11(16)13-8(12(17)18)4-5-19-3/h6-8H,4-5H2,1-3H3,(H,13,16)(H,14,15)(H,17,18). The molecule has 0 radical (unpaired) electrons. The molecule has 19 heavy (non-hydrogen) atoms. The van der Waals surface area contributed by atoms with E-state index in [1.807, 2.05) is 13.8 Å². The highest BCUT2D eigenvalue weighted by Crippen LogP contribution is 2.12. The van der Waals surface area contributed by atoms with Crippen molar-refractivity contribution in [2.75, 3.05) is 13.7 Å². The van der Waals surface area contributed by atoms with Gasteiger partial charge in [-0.1, -0.05) is 13.8 Å². The summed E-state index contributed by atoms with van der Waals surface area (Å²) in [5.41, 5.74) is 1.02. The van der Waals surface area contributed by atoms with Gasteiger partial charge >= 0.3 is 5.97 Å². The van der Waals surface area contributed by atoms with Crippen LogP contribution in [0.2, 0.25) is 0 Å². The predicted octanol–water partition coefficient (Wildman–Crippen LogP) is 0.753. The van der Waals surface area contributed by atoms with Crippen LogP contribution in [-0.2, 0) is 9.53 Å². The number of carbonyl (C=O) groups is 2. The van der Waals surface area contributed by atoms with Crippen molar-refractivity contribution in [3.05, 3.63) is 17.5 Å². The second-order valence-corrected chi connectivity index (χ2v) is 4.51. The van der Waals surface area contributed by atoms with Crippen molar-refractivity contribution >= 4 is 11.9 Å². The minimum atomic E-state index is -1.09. The van der Waals surface area contributed by atoms with Crippen LogP contribution in [0.5, 0.6) is 0 Å². The van der Waals surface area contributed by atoms with E-state index in [-0.39, 0.29) is 24.6 Å². The van der Waals surface area contributed by atoms with E-state index >= 15 is 0 Å². The zero-order valence-electron chi connectivity index (χ0n) is 11.3. The molecule has 7 nitrogen and oxygen atoms in total. The summed E-state index contributed by atoms with van der Waals surface area (Å²) in [6, 6.07) is 0.640. The molecule has 0 aliphatic rings. The number of aliphatic carboxylic acids is 1. The van der Waals surface area contributed by atoms with Gasteiger partial charge in [0.05, 0.1) is 0 Å². The molecule has 1 aromatic heterocycles. The lowest BCUT2D eigenvalue weighted by Gasteiger charge is -2.12. The van der Waals surface area contributed by atoms with Gasteiger partial charge in [0.15, 0.2) is 0 Å². The molecule has 7 heteroatoms. The average molecular weight is 269 g/mol. The van der Waals surface area contributed by atoms with Crippen LogP contribution in [0, 0.1) is 0 Å². The Labute approximate surface area is 111 Å². The van der Waals surface area contributed by atoms with E-state index in [1.54, 1.807) is 6.07 Å². The highest BCUT2D eigenvalue weighted by atomic mass is 16.5. The number of amides is 1. The lowest BCUT2D eigenvalue weighted by atomic mass is 10.1. The number of aromatic nitrogens is 2. The zero-order chi connectivity index (χ0) is 14.4. The number of nitrogens with zero attached hydrogens (tertiary/aromatic N) is 1. The summed E-state index contributed by atoms with van der Waals surface area (Å²) in [6.07, 6.45) is 0.207. The molecule has 0 saturated heterocycles. The molecular formula is C12H19N3O4. The second kappa shape index (κ2) is 6.89. The van der Waals surface area contributed by atoms with Crippen LogP contribution in [0.1, 0.15) is 42.4 Å². The first kappa shape index (κ1) is 15.2. The molecular weight excluding hydrogens is 250 g/mol. The topological polar surface area (TPSA) is 104 Å². The van der Waals surface area contributed by atoms with Crippen molar-refractivity contribution in [1.82, 2.24) is 15.5 Å². The molecule has 0 aliphatic carbocycles. The fraction of sp³-hybridized carbons (Fsp3) is 0.583. The van der Waals surface area contributed by atoms with Crippen molar-refractivity contribution in [2.45, 2.75) is 32.2 Å². The number of carboxylic acids is 1. The van der Waals surface area contributed by atoms with Crippen molar-refractivity contribution in [2.24, 2.45) is 0 Å². The number of rotatable bonds is 7. The summed E-state index contributed by atoms with van der Waals surface area (Å²) in [6.45, 7) is 4.19. The summed E-state index contributed by atoms with van der Waals surface area (Å²) >= 11 is 0. The van der Waals surface area contributed by atoms with E-state index in [1.165, 1.54) is 7.11 Å². The number of ether oxygens (including phenoxy) is 1. The Kier molecular flexibility index (Phi) is 5.50. The Morgan fingerprint density at radius 2 is 2.21 bits per heavy atom. The second-order valence-electron chi connectivity index (χ2n) is 4.51. The molecule has 0 spiro atoms. The van der Waals surface area contributed by atoms with Crippen LogP contribution in [-0.4, -0.2) is 46.9 Å². The molecule has 1 aromatic rings. The van der Waals surface area contributed by atoms with Crippen LogP contribution in [0.15, 0.2) is 6.07 Å². The number of aromatic amines is 1. The van der Waals surface area contributed by atoms with Gasteiger partial charge in [-0.2, -0.15) is 5.10 Å². The summed E-state index contributed by atoms with van der Waals surface area (Å²) in [5.74, 6) is -1.38. The maximum absolute atomic E-state index is 11.9. The van der Waals surface area contributed by atoms with E-state index in [2.05, 4.69) is 15.5 Å². The number of nitrogens with one attached hydrogen (secondary N) is 2. The first-order valence-corrected chi connectivity index (χ1v) is 6.03. The Morgan fingerprint density at radius 3 is 2.68 bits per heavy atom. The normalized spacial score (nSPS) is 12.4. The molecule has 1 rings (SSSR count). The molecule has 0 fully saturated rings. The number of methoxy groups -OCH3 is 1. The monoisotopic (exact) mass is 269 g/mol. The largest absolute Gasteiger partial charge is 0.480 e. The van der Waals surface area contributed by atoms with Gasteiger partial charge in [0.1, 0.15) is 11.7 Å². The van der Waals surface area contributed by atoms with Crippen molar-refractivity contribution in [3.8, 4) is 0 Å². The molecule has 1 heterocycles. The number of carboxylic acid groups (broad SMARTS) is 1. The molecule has 0 saturated carbocycles. The Balaban J connectivity index is 2.67. The Hall–Kier alpha value is -1.89. The third-order valence-corrected chi connectivity index (χ3v) is 2.67. The van der Waals surface area contributed by atoms with Gasteiger partial charge in [-0.05, 0) is 12.0 Å². The van der Waals surface area contributed by atoms with E-state index in [9.17, 15) is 9.59 Å². The van der Waals surface area contributed by atoms with Crippen LogP contribution in [0.3, 0.4) is 0 Å². The van der Waals surface area contributed by atoms with E-state index in [0.29, 0.717) is 0 Å². The average Bonchev–Trinajstić information content (AvgIpc) is 2.83. The smallest absolute Gasteiger partial charge is 0.326 e. The lowest BCUT2D eigenvalue weighted by molar-refractivity contribution is -0.139. The van der Waals surface area contributed by atoms with Gasteiger partial charge < -0.3 is 15.2 Å². The SMILES string of the molecule is COCCC(NC(=O)c1cc(C(C)C)[nH]n1)C(=O)O. The maximum atomic E-state index is 11.9. The van der Waals surface area contributed by atoms with Crippen molar-refractivity contribution in [3.63, 3.8) is 0 Å². The van der Waals surface area contributed by atoms with Gasteiger partial charge in [-0.3, -0.25) is 9.89 Å². The summed E-state index contributed by atoms with van der Waals surface area (Å²) in [7, 11) is 1.48. The van der Waals surface area contributed by atoms with Crippen LogP contribution < -0.4 is 5.32 Å². The van der Waals surface area contributed by atoms with Crippen LogP contribution >= 0.6 is 0 Å². The van der Waals surface area contributed by atoms with Gasteiger partial charge in [0.2, 0.25) is 0 Å². The first-order valence-electron chi connectivity index (χ1n) is 6.03. The highest BCUT2D eigenvalue weighted by molar-refractivity contribution is 5.95. The number of H-pyrrole nitrogens is 1. The van der Waals surface area contributed by atoms with Crippen molar-refractivity contribution in [1.29, 1.82) is 0 Å².